The smallest absolute Gasteiger partial charge is 0.217 e. The molecule has 1 aliphatic heterocycles. The lowest BCUT2D eigenvalue weighted by molar-refractivity contribution is -0.119. The fourth-order valence-corrected chi connectivity index (χ4v) is 3.50. The van der Waals surface area contributed by atoms with Gasteiger partial charge in [-0.05, 0) is 23.8 Å². The number of rotatable bonds is 5. The molecule has 0 unspecified atom stereocenters. The molecule has 1 saturated heterocycles. The second kappa shape index (κ2) is 7.83. The average molecular weight is 360 g/mol. The average Bonchev–Trinajstić information content (AvgIpc) is 2.99. The van der Waals surface area contributed by atoms with E-state index in [9.17, 15) is 13.6 Å². The molecule has 1 aliphatic rings. The van der Waals surface area contributed by atoms with E-state index in [-0.39, 0.29) is 17.9 Å². The lowest BCUT2D eigenvalue weighted by Crippen LogP contribution is -2.38. The Morgan fingerprint density at radius 2 is 1.92 bits per heavy atom. The Morgan fingerprint density at radius 1 is 1.19 bits per heavy atom. The fourth-order valence-electron chi connectivity index (χ4n) is 3.50. The number of amides is 1. The molecule has 2 aromatic carbocycles. The number of carbonyl (C=O) groups is 1. The van der Waals surface area contributed by atoms with Gasteiger partial charge in [-0.1, -0.05) is 18.2 Å². The number of likely N-dealkylation sites (tertiary alicyclic amines) is 1. The van der Waals surface area contributed by atoms with Crippen molar-refractivity contribution in [3.8, 4) is 5.75 Å². The van der Waals surface area contributed by atoms with Crippen LogP contribution in [-0.2, 0) is 11.3 Å². The summed E-state index contributed by atoms with van der Waals surface area (Å²) in [6.45, 7) is 3.14. The minimum absolute atomic E-state index is 0.0654. The van der Waals surface area contributed by atoms with Crippen molar-refractivity contribution in [2.75, 3.05) is 20.2 Å². The lowest BCUT2D eigenvalue weighted by atomic mass is 9.94. The highest BCUT2D eigenvalue weighted by atomic mass is 19.1. The number of nitrogens with one attached hydrogen (secondary N) is 1. The minimum atomic E-state index is -0.583. The van der Waals surface area contributed by atoms with Gasteiger partial charge in [0.25, 0.3) is 0 Å². The molecule has 0 aromatic heterocycles. The van der Waals surface area contributed by atoms with Crippen LogP contribution in [0.3, 0.4) is 0 Å². The first-order valence-electron chi connectivity index (χ1n) is 8.53. The van der Waals surface area contributed by atoms with Crippen LogP contribution < -0.4 is 10.1 Å². The van der Waals surface area contributed by atoms with Gasteiger partial charge in [0, 0.05) is 50.1 Å². The number of ether oxygens (including phenoxy) is 1. The maximum atomic E-state index is 14.0. The van der Waals surface area contributed by atoms with Crippen LogP contribution in [0.2, 0.25) is 0 Å². The van der Waals surface area contributed by atoms with E-state index >= 15 is 0 Å². The van der Waals surface area contributed by atoms with Gasteiger partial charge < -0.3 is 10.1 Å². The maximum absolute atomic E-state index is 14.0. The summed E-state index contributed by atoms with van der Waals surface area (Å²) >= 11 is 0. The van der Waals surface area contributed by atoms with Gasteiger partial charge in [0.1, 0.15) is 17.4 Å². The molecule has 1 heterocycles. The quantitative estimate of drug-likeness (QED) is 0.891. The number of halogens is 2. The van der Waals surface area contributed by atoms with E-state index < -0.39 is 11.6 Å². The first kappa shape index (κ1) is 18.3. The third-order valence-electron chi connectivity index (χ3n) is 4.74. The molecule has 0 aliphatic carbocycles. The number of nitrogens with zero attached hydrogens (tertiary/aromatic N) is 1. The number of hydrogen-bond donors (Lipinski definition) is 1. The Hall–Kier alpha value is -2.47. The first-order valence-corrected chi connectivity index (χ1v) is 8.53. The monoisotopic (exact) mass is 360 g/mol. The maximum Gasteiger partial charge on any atom is 0.217 e. The number of hydrogen-bond acceptors (Lipinski definition) is 3. The Balaban J connectivity index is 1.78. The van der Waals surface area contributed by atoms with E-state index in [1.54, 1.807) is 7.11 Å². The van der Waals surface area contributed by atoms with E-state index in [1.807, 2.05) is 24.3 Å². The fraction of sp³-hybridized carbons (Fsp3) is 0.350. The topological polar surface area (TPSA) is 41.6 Å². The SMILES string of the molecule is COc1ccc([C@@H]2CN(Cc3ccc(F)cc3F)C[C@H]2NC(C)=O)cc1. The highest BCUT2D eigenvalue weighted by Crippen LogP contribution is 2.30. The summed E-state index contributed by atoms with van der Waals surface area (Å²) in [7, 11) is 1.61. The van der Waals surface area contributed by atoms with Gasteiger partial charge in [0.2, 0.25) is 5.91 Å². The van der Waals surface area contributed by atoms with Crippen LogP contribution in [-0.4, -0.2) is 37.0 Å². The van der Waals surface area contributed by atoms with Crippen LogP contribution in [0.4, 0.5) is 8.78 Å². The molecule has 0 spiro atoms. The van der Waals surface area contributed by atoms with Gasteiger partial charge in [0.15, 0.2) is 0 Å². The normalized spacial score (nSPS) is 20.2. The van der Waals surface area contributed by atoms with E-state index in [2.05, 4.69) is 10.2 Å². The summed E-state index contributed by atoms with van der Waals surface area (Å²) in [5, 5.41) is 2.99. The van der Waals surface area contributed by atoms with Gasteiger partial charge in [-0.3, -0.25) is 9.69 Å². The zero-order valence-corrected chi connectivity index (χ0v) is 14.8. The molecule has 3 rings (SSSR count). The molecule has 0 saturated carbocycles. The van der Waals surface area contributed by atoms with Crippen molar-refractivity contribution >= 4 is 5.91 Å². The van der Waals surface area contributed by atoms with Crippen molar-refractivity contribution in [3.63, 3.8) is 0 Å². The van der Waals surface area contributed by atoms with Crippen LogP contribution in [0.25, 0.3) is 0 Å². The molecule has 1 amide bonds. The third-order valence-corrected chi connectivity index (χ3v) is 4.74. The molecule has 0 radical (unpaired) electrons. The van der Waals surface area contributed by atoms with E-state index in [0.717, 1.165) is 17.4 Å². The molecule has 2 atom stereocenters. The van der Waals surface area contributed by atoms with Crippen LogP contribution in [0.1, 0.15) is 24.0 Å². The van der Waals surface area contributed by atoms with Gasteiger partial charge in [-0.15, -0.1) is 0 Å². The molecule has 138 valence electrons. The second-order valence-electron chi connectivity index (χ2n) is 6.62. The van der Waals surface area contributed by atoms with E-state index in [1.165, 1.54) is 19.1 Å². The highest BCUT2D eigenvalue weighted by molar-refractivity contribution is 5.73. The van der Waals surface area contributed by atoms with Gasteiger partial charge >= 0.3 is 0 Å². The summed E-state index contributed by atoms with van der Waals surface area (Å²) in [6.07, 6.45) is 0. The van der Waals surface area contributed by atoms with E-state index in [4.69, 9.17) is 4.74 Å². The molecule has 1 N–H and O–H groups in total. The number of methoxy groups -OCH3 is 1. The summed E-state index contributed by atoms with van der Waals surface area (Å²) in [5.41, 5.74) is 1.54. The molecule has 2 aromatic rings. The number of benzene rings is 2. The molecular formula is C20H22F2N2O2. The van der Waals surface area contributed by atoms with Gasteiger partial charge in [-0.2, -0.15) is 0 Å². The Morgan fingerprint density at radius 3 is 2.54 bits per heavy atom. The Bertz CT molecular complexity index is 780. The number of carbonyl (C=O) groups excluding carboxylic acids is 1. The van der Waals surface area contributed by atoms with Crippen molar-refractivity contribution < 1.29 is 18.3 Å². The molecule has 26 heavy (non-hydrogen) atoms. The molecule has 0 bridgehead atoms. The molecule has 4 nitrogen and oxygen atoms in total. The summed E-state index contributed by atoms with van der Waals surface area (Å²) < 4.78 is 32.3. The summed E-state index contributed by atoms with van der Waals surface area (Å²) in [5.74, 6) is -0.362. The largest absolute Gasteiger partial charge is 0.497 e. The molecular weight excluding hydrogens is 338 g/mol. The van der Waals surface area contributed by atoms with Gasteiger partial charge in [0.05, 0.1) is 7.11 Å². The molecule has 6 heteroatoms. The standard InChI is InChI=1S/C20H22F2N2O2/c1-13(25)23-20-12-24(10-15-3-6-16(21)9-19(15)22)11-18(20)14-4-7-17(26-2)8-5-14/h3-9,18,20H,10-12H2,1-2H3,(H,23,25)/t18-,20+/m0/s1. The predicted molar refractivity (Wildman–Crippen MR) is 95.0 cm³/mol. The van der Waals surface area contributed by atoms with Crippen LogP contribution in [0, 0.1) is 11.6 Å². The van der Waals surface area contributed by atoms with Crippen molar-refractivity contribution in [1.29, 1.82) is 0 Å². The minimum Gasteiger partial charge on any atom is -0.497 e. The van der Waals surface area contributed by atoms with Crippen LogP contribution >= 0.6 is 0 Å². The van der Waals surface area contributed by atoms with Crippen LogP contribution in [0.5, 0.6) is 5.75 Å². The van der Waals surface area contributed by atoms with Crippen LogP contribution in [0.15, 0.2) is 42.5 Å². The third kappa shape index (κ3) is 4.19. The second-order valence-corrected chi connectivity index (χ2v) is 6.62. The zero-order valence-electron chi connectivity index (χ0n) is 14.8. The summed E-state index contributed by atoms with van der Waals surface area (Å²) in [6, 6.07) is 11.3. The van der Waals surface area contributed by atoms with Crippen molar-refractivity contribution in [1.82, 2.24) is 10.2 Å². The van der Waals surface area contributed by atoms with Gasteiger partial charge in [-0.25, -0.2) is 8.78 Å². The van der Waals surface area contributed by atoms with Crippen molar-refractivity contribution in [2.24, 2.45) is 0 Å². The van der Waals surface area contributed by atoms with Crippen molar-refractivity contribution in [2.45, 2.75) is 25.4 Å². The first-order chi connectivity index (χ1) is 12.5. The predicted octanol–water partition coefficient (Wildman–Crippen LogP) is 3.08. The summed E-state index contributed by atoms with van der Waals surface area (Å²) in [4.78, 5) is 13.7. The Labute approximate surface area is 151 Å². The van der Waals surface area contributed by atoms with Crippen molar-refractivity contribution in [3.05, 3.63) is 65.2 Å². The molecule has 1 fully saturated rings. The highest BCUT2D eigenvalue weighted by Gasteiger charge is 2.34. The zero-order chi connectivity index (χ0) is 18.7. The van der Waals surface area contributed by atoms with E-state index in [0.29, 0.717) is 25.2 Å². The Kier molecular flexibility index (Phi) is 5.52. The lowest BCUT2D eigenvalue weighted by Gasteiger charge is -2.19.